The van der Waals surface area contributed by atoms with E-state index in [0.717, 1.165) is 10.4 Å². The number of ether oxygens (including phenoxy) is 1. The van der Waals surface area contributed by atoms with Crippen molar-refractivity contribution < 1.29 is 17.9 Å². The van der Waals surface area contributed by atoms with Crippen molar-refractivity contribution in [3.63, 3.8) is 0 Å². The quantitative estimate of drug-likeness (QED) is 0.786. The van der Waals surface area contributed by atoms with Crippen LogP contribution in [0.4, 0.5) is 0 Å². The molecule has 3 rings (SSSR count). The van der Waals surface area contributed by atoms with Crippen LogP contribution in [-0.4, -0.2) is 44.9 Å². The van der Waals surface area contributed by atoms with Crippen molar-refractivity contribution >= 4 is 38.9 Å². The molecule has 26 heavy (non-hydrogen) atoms. The van der Waals surface area contributed by atoms with E-state index in [-0.39, 0.29) is 12.3 Å². The summed E-state index contributed by atoms with van der Waals surface area (Å²) in [4.78, 5) is 12.8. The first kappa shape index (κ1) is 19.3. The van der Waals surface area contributed by atoms with Gasteiger partial charge in [0.1, 0.15) is 4.21 Å². The Morgan fingerprint density at radius 1 is 1.15 bits per heavy atom. The van der Waals surface area contributed by atoms with Gasteiger partial charge in [0, 0.05) is 23.0 Å². The van der Waals surface area contributed by atoms with Gasteiger partial charge in [0.15, 0.2) is 0 Å². The molecule has 1 aromatic heterocycles. The minimum Gasteiger partial charge on any atom is -0.379 e. The highest BCUT2D eigenvalue weighted by Crippen LogP contribution is 2.25. The van der Waals surface area contributed by atoms with Gasteiger partial charge in [-0.1, -0.05) is 23.7 Å². The maximum Gasteiger partial charge on any atom is 0.252 e. The van der Waals surface area contributed by atoms with E-state index in [1.807, 2.05) is 0 Å². The molecule has 6 nitrogen and oxygen atoms in total. The minimum atomic E-state index is -3.49. The van der Waals surface area contributed by atoms with Crippen molar-refractivity contribution in [2.75, 3.05) is 26.3 Å². The topological polar surface area (TPSA) is 75.7 Å². The fraction of sp³-hybridized carbons (Fsp3) is 0.353. The molecule has 2 aromatic rings. The number of benzene rings is 1. The zero-order chi connectivity index (χ0) is 18.6. The average molecular weight is 415 g/mol. The molecule has 0 atom stereocenters. The Kier molecular flexibility index (Phi) is 6.31. The van der Waals surface area contributed by atoms with Gasteiger partial charge in [-0.3, -0.25) is 4.79 Å². The molecule has 1 N–H and O–H groups in total. The molecule has 0 bridgehead atoms. The van der Waals surface area contributed by atoms with Crippen LogP contribution in [0.3, 0.4) is 0 Å². The van der Waals surface area contributed by atoms with E-state index in [1.165, 1.54) is 15.6 Å². The summed E-state index contributed by atoms with van der Waals surface area (Å²) >= 11 is 7.01. The van der Waals surface area contributed by atoms with Crippen LogP contribution >= 0.6 is 22.9 Å². The summed E-state index contributed by atoms with van der Waals surface area (Å²) in [7, 11) is -3.49. The number of sulfonamides is 1. The van der Waals surface area contributed by atoms with Crippen LogP contribution in [0, 0.1) is 0 Å². The Balaban J connectivity index is 1.56. The summed E-state index contributed by atoms with van der Waals surface area (Å²) in [6, 6.07) is 10.4. The summed E-state index contributed by atoms with van der Waals surface area (Å²) in [6.45, 7) is 1.87. The molecule has 2 heterocycles. The Morgan fingerprint density at radius 3 is 2.54 bits per heavy atom. The van der Waals surface area contributed by atoms with Crippen molar-refractivity contribution in [1.29, 1.82) is 0 Å². The van der Waals surface area contributed by atoms with Crippen LogP contribution in [0.25, 0.3) is 0 Å². The molecule has 1 aliphatic heterocycles. The van der Waals surface area contributed by atoms with E-state index >= 15 is 0 Å². The summed E-state index contributed by atoms with van der Waals surface area (Å²) in [5, 5.41) is 3.44. The van der Waals surface area contributed by atoms with Crippen molar-refractivity contribution in [2.24, 2.45) is 0 Å². The first-order chi connectivity index (χ1) is 12.4. The highest BCUT2D eigenvalue weighted by atomic mass is 35.5. The van der Waals surface area contributed by atoms with Crippen LogP contribution in [0.15, 0.2) is 40.6 Å². The third-order valence-corrected chi connectivity index (χ3v) is 7.64. The number of nitrogens with zero attached hydrogens (tertiary/aromatic N) is 1. The van der Waals surface area contributed by atoms with Gasteiger partial charge >= 0.3 is 0 Å². The molecule has 0 unspecified atom stereocenters. The largest absolute Gasteiger partial charge is 0.379 e. The van der Waals surface area contributed by atoms with Crippen molar-refractivity contribution in [3.8, 4) is 0 Å². The Morgan fingerprint density at radius 2 is 1.85 bits per heavy atom. The van der Waals surface area contributed by atoms with Crippen molar-refractivity contribution in [2.45, 2.75) is 17.2 Å². The summed E-state index contributed by atoms with van der Waals surface area (Å²) in [5.41, 5.74) is 0.869. The van der Waals surface area contributed by atoms with E-state index < -0.39 is 10.0 Å². The molecular weight excluding hydrogens is 396 g/mol. The van der Waals surface area contributed by atoms with E-state index in [2.05, 4.69) is 5.32 Å². The third kappa shape index (κ3) is 4.83. The lowest BCUT2D eigenvalue weighted by Gasteiger charge is -2.25. The molecule has 1 amide bonds. The summed E-state index contributed by atoms with van der Waals surface area (Å²) < 4.78 is 32.1. The van der Waals surface area contributed by atoms with E-state index in [0.29, 0.717) is 42.1 Å². The number of amides is 1. The number of hydrogen-bond donors (Lipinski definition) is 1. The Labute approximate surface area is 161 Å². The SMILES string of the molecule is O=C(Cc1ccc(Cl)cc1)NCc1ccc(S(=O)(=O)N2CCOCC2)s1. The number of hydrogen-bond acceptors (Lipinski definition) is 5. The lowest BCUT2D eigenvalue weighted by molar-refractivity contribution is -0.120. The predicted molar refractivity (Wildman–Crippen MR) is 101 cm³/mol. The van der Waals surface area contributed by atoms with Crippen LogP contribution in [0.2, 0.25) is 5.02 Å². The monoisotopic (exact) mass is 414 g/mol. The normalized spacial score (nSPS) is 15.7. The van der Waals surface area contributed by atoms with Crippen LogP contribution in [0.1, 0.15) is 10.4 Å². The van der Waals surface area contributed by atoms with Gasteiger partial charge in [-0.05, 0) is 29.8 Å². The highest BCUT2D eigenvalue weighted by molar-refractivity contribution is 7.91. The number of morpholine rings is 1. The first-order valence-corrected chi connectivity index (χ1v) is 10.8. The summed E-state index contributed by atoms with van der Waals surface area (Å²) in [5.74, 6) is -0.127. The zero-order valence-electron chi connectivity index (χ0n) is 14.0. The van der Waals surface area contributed by atoms with Gasteiger partial charge in [-0.2, -0.15) is 4.31 Å². The van der Waals surface area contributed by atoms with Gasteiger partial charge in [0.25, 0.3) is 10.0 Å². The minimum absolute atomic E-state index is 0.127. The number of carbonyl (C=O) groups excluding carboxylic acids is 1. The number of rotatable bonds is 6. The smallest absolute Gasteiger partial charge is 0.252 e. The molecule has 1 aliphatic rings. The summed E-state index contributed by atoms with van der Waals surface area (Å²) in [6.07, 6.45) is 0.251. The Hall–Kier alpha value is -1.45. The highest BCUT2D eigenvalue weighted by Gasteiger charge is 2.27. The molecular formula is C17H19ClN2O4S2. The number of nitrogens with one attached hydrogen (secondary N) is 1. The van der Waals surface area contributed by atoms with Crippen LogP contribution in [-0.2, 0) is 32.5 Å². The zero-order valence-corrected chi connectivity index (χ0v) is 16.4. The predicted octanol–water partition coefficient (Wildman–Crippen LogP) is 2.28. The first-order valence-electron chi connectivity index (χ1n) is 8.13. The van der Waals surface area contributed by atoms with Gasteiger partial charge < -0.3 is 10.1 Å². The van der Waals surface area contributed by atoms with Crippen molar-refractivity contribution in [3.05, 3.63) is 51.9 Å². The van der Waals surface area contributed by atoms with Crippen molar-refractivity contribution in [1.82, 2.24) is 9.62 Å². The molecule has 1 fully saturated rings. The average Bonchev–Trinajstić information content (AvgIpc) is 3.13. The molecule has 0 radical (unpaired) electrons. The fourth-order valence-electron chi connectivity index (χ4n) is 2.54. The van der Waals surface area contributed by atoms with E-state index in [4.69, 9.17) is 16.3 Å². The standard InChI is InChI=1S/C17H19ClN2O4S2/c18-14-3-1-13(2-4-14)11-16(21)19-12-15-5-6-17(25-15)26(22,23)20-7-9-24-10-8-20/h1-6H,7-12H2,(H,19,21). The maximum atomic E-state index is 12.6. The van der Waals surface area contributed by atoms with E-state index in [1.54, 1.807) is 36.4 Å². The molecule has 1 aromatic carbocycles. The lowest BCUT2D eigenvalue weighted by Crippen LogP contribution is -2.40. The third-order valence-electron chi connectivity index (χ3n) is 3.94. The van der Waals surface area contributed by atoms with Gasteiger partial charge in [0.2, 0.25) is 5.91 Å². The van der Waals surface area contributed by atoms with Gasteiger partial charge in [0.05, 0.1) is 26.2 Å². The number of halogens is 1. The van der Waals surface area contributed by atoms with Crippen LogP contribution < -0.4 is 5.32 Å². The number of thiophene rings is 1. The van der Waals surface area contributed by atoms with Gasteiger partial charge in [-0.15, -0.1) is 11.3 Å². The fourth-order valence-corrected chi connectivity index (χ4v) is 5.53. The molecule has 1 saturated heterocycles. The van der Waals surface area contributed by atoms with E-state index in [9.17, 15) is 13.2 Å². The second kappa shape index (κ2) is 8.49. The van der Waals surface area contributed by atoms with Gasteiger partial charge in [-0.25, -0.2) is 8.42 Å². The molecule has 0 aliphatic carbocycles. The Bertz CT molecular complexity index is 859. The second-order valence-corrected chi connectivity index (χ2v) is 9.59. The molecule has 140 valence electrons. The lowest BCUT2D eigenvalue weighted by atomic mass is 10.1. The molecule has 9 heteroatoms. The second-order valence-electron chi connectivity index (χ2n) is 5.82. The van der Waals surface area contributed by atoms with Crippen LogP contribution in [0.5, 0.6) is 0 Å². The number of carbonyl (C=O) groups is 1. The molecule has 0 saturated carbocycles. The maximum absolute atomic E-state index is 12.6. The molecule has 0 spiro atoms.